The molecule has 0 N–H and O–H groups in total. The molecule has 18 heavy (non-hydrogen) atoms. The van der Waals surface area contributed by atoms with Gasteiger partial charge in [0.1, 0.15) is 5.78 Å². The Kier molecular flexibility index (Phi) is 3.79. The molecular formula is C15H24O3. The second-order valence-electron chi connectivity index (χ2n) is 6.19. The van der Waals surface area contributed by atoms with E-state index >= 15 is 0 Å². The first-order valence-electron chi connectivity index (χ1n) is 7.19. The van der Waals surface area contributed by atoms with Crippen LogP contribution in [0.2, 0.25) is 0 Å². The summed E-state index contributed by atoms with van der Waals surface area (Å²) < 4.78 is 5.11. The molecule has 3 heteroatoms. The van der Waals surface area contributed by atoms with Crippen LogP contribution >= 0.6 is 0 Å². The van der Waals surface area contributed by atoms with Gasteiger partial charge in [0.15, 0.2) is 0 Å². The van der Waals surface area contributed by atoms with Crippen molar-refractivity contribution in [3.63, 3.8) is 0 Å². The van der Waals surface area contributed by atoms with E-state index < -0.39 is 0 Å². The van der Waals surface area contributed by atoms with Gasteiger partial charge < -0.3 is 4.74 Å². The molecule has 0 unspecified atom stereocenters. The minimum Gasteiger partial charge on any atom is -0.466 e. The molecule has 3 nitrogen and oxygen atoms in total. The number of ketones is 1. The van der Waals surface area contributed by atoms with Gasteiger partial charge in [-0.2, -0.15) is 0 Å². The summed E-state index contributed by atoms with van der Waals surface area (Å²) >= 11 is 0. The molecule has 2 aliphatic carbocycles. The summed E-state index contributed by atoms with van der Waals surface area (Å²) in [6.45, 7) is 6.41. The molecule has 0 spiro atoms. The maximum atomic E-state index is 12.2. The summed E-state index contributed by atoms with van der Waals surface area (Å²) in [4.78, 5) is 24.1. The first-order chi connectivity index (χ1) is 8.49. The summed E-state index contributed by atoms with van der Waals surface area (Å²) in [5.41, 5.74) is 0.140. The van der Waals surface area contributed by atoms with Crippen molar-refractivity contribution < 1.29 is 14.3 Å². The van der Waals surface area contributed by atoms with Gasteiger partial charge in [0.2, 0.25) is 0 Å². The fraction of sp³-hybridized carbons (Fsp3) is 0.867. The summed E-state index contributed by atoms with van der Waals surface area (Å²) in [6.07, 6.45) is 4.93. The Morgan fingerprint density at radius 3 is 2.89 bits per heavy atom. The number of hydrogen-bond donors (Lipinski definition) is 0. The maximum Gasteiger partial charge on any atom is 0.308 e. The molecule has 102 valence electrons. The molecule has 0 amide bonds. The molecule has 0 aliphatic heterocycles. The molecule has 4 atom stereocenters. The Morgan fingerprint density at radius 2 is 2.22 bits per heavy atom. The number of carbonyl (C=O) groups excluding carboxylic acids is 2. The van der Waals surface area contributed by atoms with Crippen LogP contribution in [0.25, 0.3) is 0 Å². The molecule has 0 radical (unpaired) electrons. The summed E-state index contributed by atoms with van der Waals surface area (Å²) in [7, 11) is 0. The third-order valence-electron chi connectivity index (χ3n) is 5.05. The van der Waals surface area contributed by atoms with Crippen molar-refractivity contribution in [1.29, 1.82) is 0 Å². The van der Waals surface area contributed by atoms with Crippen LogP contribution < -0.4 is 0 Å². The van der Waals surface area contributed by atoms with Gasteiger partial charge in [-0.05, 0) is 43.9 Å². The van der Waals surface area contributed by atoms with Crippen LogP contribution in [0.1, 0.15) is 52.9 Å². The minimum atomic E-state index is -0.140. The van der Waals surface area contributed by atoms with Gasteiger partial charge in [-0.15, -0.1) is 0 Å². The number of carbonyl (C=O) groups is 2. The van der Waals surface area contributed by atoms with Gasteiger partial charge in [0.25, 0.3) is 0 Å². The lowest BCUT2D eigenvalue weighted by atomic mass is 9.65. The Bertz CT molecular complexity index is 350. The fourth-order valence-corrected chi connectivity index (χ4v) is 4.05. The molecule has 0 aromatic carbocycles. The zero-order valence-corrected chi connectivity index (χ0v) is 11.7. The highest BCUT2D eigenvalue weighted by molar-refractivity contribution is 5.84. The number of fused-ring (bicyclic) bond motifs is 1. The second-order valence-corrected chi connectivity index (χ2v) is 6.19. The summed E-state index contributed by atoms with van der Waals surface area (Å²) in [5, 5.41) is 0. The number of hydrogen-bond acceptors (Lipinski definition) is 3. The van der Waals surface area contributed by atoms with E-state index in [1.165, 1.54) is 0 Å². The topological polar surface area (TPSA) is 43.4 Å². The summed E-state index contributed by atoms with van der Waals surface area (Å²) in [6, 6.07) is 0. The lowest BCUT2D eigenvalue weighted by molar-refractivity contribution is -0.151. The lowest BCUT2D eigenvalue weighted by Crippen LogP contribution is -2.39. The third-order valence-corrected chi connectivity index (χ3v) is 5.05. The maximum absolute atomic E-state index is 12.2. The molecule has 0 saturated heterocycles. The molecular weight excluding hydrogens is 228 g/mol. The Balaban J connectivity index is 2.15. The standard InChI is InChI=1S/C15H24O3/c1-4-18-14(17)10(2)11-7-9-15(3)8-5-6-12(16)13(11)15/h10-11,13H,4-9H2,1-3H3/t10-,11-,13+,15+/m1/s1. The Labute approximate surface area is 109 Å². The average molecular weight is 252 g/mol. The van der Waals surface area contributed by atoms with E-state index in [0.29, 0.717) is 18.8 Å². The fourth-order valence-electron chi connectivity index (χ4n) is 4.05. The smallest absolute Gasteiger partial charge is 0.308 e. The van der Waals surface area contributed by atoms with Crippen LogP contribution in [0.5, 0.6) is 0 Å². The van der Waals surface area contributed by atoms with E-state index in [2.05, 4.69) is 6.92 Å². The van der Waals surface area contributed by atoms with Crippen molar-refractivity contribution in [3.05, 3.63) is 0 Å². The van der Waals surface area contributed by atoms with Gasteiger partial charge in [0.05, 0.1) is 12.5 Å². The van der Waals surface area contributed by atoms with E-state index in [0.717, 1.165) is 25.7 Å². The van der Waals surface area contributed by atoms with Crippen LogP contribution in [0.15, 0.2) is 0 Å². The van der Waals surface area contributed by atoms with Crippen molar-refractivity contribution in [2.75, 3.05) is 6.61 Å². The zero-order valence-electron chi connectivity index (χ0n) is 11.7. The molecule has 0 heterocycles. The van der Waals surface area contributed by atoms with Gasteiger partial charge >= 0.3 is 5.97 Å². The quantitative estimate of drug-likeness (QED) is 0.725. The molecule has 2 saturated carbocycles. The van der Waals surface area contributed by atoms with Gasteiger partial charge in [-0.1, -0.05) is 13.8 Å². The van der Waals surface area contributed by atoms with Crippen LogP contribution in [-0.2, 0) is 14.3 Å². The highest BCUT2D eigenvalue weighted by Crippen LogP contribution is 2.55. The van der Waals surface area contributed by atoms with Gasteiger partial charge in [-0.3, -0.25) is 9.59 Å². The zero-order chi connectivity index (χ0) is 13.3. The average Bonchev–Trinajstić information content (AvgIpc) is 2.67. The Morgan fingerprint density at radius 1 is 1.50 bits per heavy atom. The largest absolute Gasteiger partial charge is 0.466 e. The SMILES string of the molecule is CCOC(=O)[C@H](C)[C@H]1CC[C@]2(C)CCCC(=O)[C@H]12. The predicted molar refractivity (Wildman–Crippen MR) is 69.0 cm³/mol. The monoisotopic (exact) mass is 252 g/mol. The van der Waals surface area contributed by atoms with E-state index in [1.807, 2.05) is 13.8 Å². The Hall–Kier alpha value is -0.860. The van der Waals surface area contributed by atoms with Crippen molar-refractivity contribution in [2.45, 2.75) is 52.9 Å². The molecule has 0 aromatic heterocycles. The minimum absolute atomic E-state index is 0.0886. The molecule has 0 aromatic rings. The van der Waals surface area contributed by atoms with Gasteiger partial charge in [0, 0.05) is 12.3 Å². The number of ether oxygens (including phenoxy) is 1. The van der Waals surface area contributed by atoms with E-state index in [-0.39, 0.29) is 29.1 Å². The number of esters is 1. The van der Waals surface area contributed by atoms with Crippen molar-refractivity contribution >= 4 is 11.8 Å². The highest BCUT2D eigenvalue weighted by Gasteiger charge is 2.52. The van der Waals surface area contributed by atoms with Crippen LogP contribution in [-0.4, -0.2) is 18.4 Å². The van der Waals surface area contributed by atoms with Crippen molar-refractivity contribution in [1.82, 2.24) is 0 Å². The van der Waals surface area contributed by atoms with E-state index in [9.17, 15) is 9.59 Å². The van der Waals surface area contributed by atoms with E-state index in [1.54, 1.807) is 0 Å². The lowest BCUT2D eigenvalue weighted by Gasteiger charge is -2.38. The normalized spacial score (nSPS) is 37.2. The van der Waals surface area contributed by atoms with Crippen LogP contribution in [0, 0.1) is 23.2 Å². The highest BCUT2D eigenvalue weighted by atomic mass is 16.5. The molecule has 2 fully saturated rings. The number of rotatable bonds is 3. The van der Waals surface area contributed by atoms with Crippen molar-refractivity contribution in [3.8, 4) is 0 Å². The van der Waals surface area contributed by atoms with Crippen LogP contribution in [0.4, 0.5) is 0 Å². The van der Waals surface area contributed by atoms with E-state index in [4.69, 9.17) is 4.74 Å². The molecule has 2 aliphatic rings. The second kappa shape index (κ2) is 5.02. The van der Waals surface area contributed by atoms with Gasteiger partial charge in [-0.25, -0.2) is 0 Å². The molecule has 2 rings (SSSR count). The predicted octanol–water partition coefficient (Wildman–Crippen LogP) is 2.97. The molecule has 0 bridgehead atoms. The third kappa shape index (κ3) is 2.19. The number of Topliss-reactive ketones (excluding diaryl/α,β-unsaturated/α-hetero) is 1. The summed E-state index contributed by atoms with van der Waals surface area (Å²) in [5.74, 6) is 0.388. The van der Waals surface area contributed by atoms with Crippen LogP contribution in [0.3, 0.4) is 0 Å². The first-order valence-corrected chi connectivity index (χ1v) is 7.19. The van der Waals surface area contributed by atoms with Crippen molar-refractivity contribution in [2.24, 2.45) is 23.2 Å². The first kappa shape index (κ1) is 13.6.